The topological polar surface area (TPSA) is 108 Å². The number of rotatable bonds is 5. The van der Waals surface area contributed by atoms with Crippen molar-refractivity contribution in [3.8, 4) is 0 Å². The fourth-order valence-electron chi connectivity index (χ4n) is 2.89. The van der Waals surface area contributed by atoms with Gasteiger partial charge in [-0.1, -0.05) is 6.92 Å². The maximum atomic E-state index is 12.1. The number of ether oxygens (including phenoxy) is 1. The van der Waals surface area contributed by atoms with Crippen LogP contribution >= 0.6 is 11.3 Å². The number of aliphatic hydroxyl groups is 1. The Morgan fingerprint density at radius 1 is 1.31 bits per heavy atom. The molecule has 0 unspecified atom stereocenters. The molecule has 1 aromatic heterocycles. The first-order chi connectivity index (χ1) is 12.3. The Balaban J connectivity index is 1.77. The van der Waals surface area contributed by atoms with Crippen LogP contribution < -0.4 is 10.9 Å². The van der Waals surface area contributed by atoms with Crippen molar-refractivity contribution in [1.82, 2.24) is 15.8 Å². The molecule has 0 aromatic carbocycles. The van der Waals surface area contributed by atoms with E-state index in [1.807, 2.05) is 24.8 Å². The molecule has 26 heavy (non-hydrogen) atoms. The van der Waals surface area contributed by atoms with E-state index in [0.29, 0.717) is 18.0 Å². The van der Waals surface area contributed by atoms with Crippen LogP contribution in [0.1, 0.15) is 39.9 Å². The van der Waals surface area contributed by atoms with Crippen molar-refractivity contribution in [2.75, 3.05) is 26.7 Å². The summed E-state index contributed by atoms with van der Waals surface area (Å²) in [5.41, 5.74) is 4.41. The summed E-state index contributed by atoms with van der Waals surface area (Å²) in [5, 5.41) is 10.2. The highest BCUT2D eigenvalue weighted by atomic mass is 32.1. The summed E-state index contributed by atoms with van der Waals surface area (Å²) in [4.78, 5) is 39.2. The van der Waals surface area contributed by atoms with Gasteiger partial charge in [-0.2, -0.15) is 0 Å². The number of hydrogen-bond acceptors (Lipinski definition) is 7. The molecule has 0 saturated carbocycles. The molecule has 2 amide bonds. The van der Waals surface area contributed by atoms with Gasteiger partial charge in [-0.3, -0.25) is 25.3 Å². The predicted molar refractivity (Wildman–Crippen MR) is 96.7 cm³/mol. The first-order valence-corrected chi connectivity index (χ1v) is 9.32. The molecule has 0 bridgehead atoms. The summed E-state index contributed by atoms with van der Waals surface area (Å²) >= 11 is 1.41. The Labute approximate surface area is 156 Å². The molecule has 1 saturated heterocycles. The Morgan fingerprint density at radius 3 is 2.50 bits per heavy atom. The Hall–Kier alpha value is -1.97. The van der Waals surface area contributed by atoms with E-state index in [4.69, 9.17) is 0 Å². The molecular weight excluding hydrogens is 358 g/mol. The maximum Gasteiger partial charge on any atom is 0.337 e. The van der Waals surface area contributed by atoms with Crippen molar-refractivity contribution >= 4 is 29.1 Å². The minimum atomic E-state index is -1.48. The molecule has 9 heteroatoms. The molecule has 1 fully saturated rings. The van der Waals surface area contributed by atoms with Crippen LogP contribution in [-0.2, 0) is 20.7 Å². The second-order valence-corrected chi connectivity index (χ2v) is 7.51. The van der Waals surface area contributed by atoms with Crippen LogP contribution in [0.15, 0.2) is 6.07 Å². The number of nitrogens with one attached hydrogen (secondary N) is 2. The van der Waals surface area contributed by atoms with Gasteiger partial charge in [0.05, 0.1) is 18.5 Å². The summed E-state index contributed by atoms with van der Waals surface area (Å²) in [6.07, 6.45) is 1.27. The quantitative estimate of drug-likeness (QED) is 0.501. The van der Waals surface area contributed by atoms with Crippen molar-refractivity contribution in [3.63, 3.8) is 0 Å². The van der Waals surface area contributed by atoms with E-state index < -0.39 is 11.6 Å². The lowest BCUT2D eigenvalue weighted by molar-refractivity contribution is -0.167. The molecule has 3 N–H and O–H groups in total. The van der Waals surface area contributed by atoms with Crippen LogP contribution in [0.2, 0.25) is 0 Å². The fourth-order valence-corrected chi connectivity index (χ4v) is 3.90. The lowest BCUT2D eigenvalue weighted by atomic mass is 9.91. The zero-order chi connectivity index (χ0) is 19.3. The summed E-state index contributed by atoms with van der Waals surface area (Å²) in [5.74, 6) is -1.35. The highest BCUT2D eigenvalue weighted by Gasteiger charge is 2.40. The van der Waals surface area contributed by atoms with E-state index in [1.165, 1.54) is 18.4 Å². The number of piperidine rings is 1. The van der Waals surface area contributed by atoms with Crippen molar-refractivity contribution in [2.45, 2.75) is 38.7 Å². The smallest absolute Gasteiger partial charge is 0.337 e. The highest BCUT2D eigenvalue weighted by Crippen LogP contribution is 2.23. The van der Waals surface area contributed by atoms with Crippen LogP contribution in [0.3, 0.4) is 0 Å². The number of hydrogen-bond donors (Lipinski definition) is 3. The molecule has 144 valence electrons. The van der Waals surface area contributed by atoms with E-state index in [-0.39, 0.29) is 31.2 Å². The molecule has 0 atom stereocenters. The van der Waals surface area contributed by atoms with Crippen LogP contribution in [0.25, 0.3) is 0 Å². The number of methoxy groups -OCH3 is 1. The van der Waals surface area contributed by atoms with Gasteiger partial charge in [0.15, 0.2) is 5.60 Å². The molecule has 1 aliphatic rings. The number of carbonyl (C=O) groups excluding carboxylic acids is 3. The number of thiophene rings is 1. The van der Waals surface area contributed by atoms with Crippen molar-refractivity contribution in [1.29, 1.82) is 0 Å². The minimum Gasteiger partial charge on any atom is -0.467 e. The number of aryl methyl sites for hydroxylation is 2. The average molecular weight is 383 g/mol. The zero-order valence-corrected chi connectivity index (χ0v) is 16.1. The second-order valence-electron chi connectivity index (χ2n) is 6.37. The van der Waals surface area contributed by atoms with Crippen molar-refractivity contribution in [2.24, 2.45) is 0 Å². The summed E-state index contributed by atoms with van der Waals surface area (Å²) in [6.45, 7) is 4.83. The van der Waals surface area contributed by atoms with Gasteiger partial charge in [0, 0.05) is 18.0 Å². The van der Waals surface area contributed by atoms with Gasteiger partial charge in [0.25, 0.3) is 11.8 Å². The fraction of sp³-hybridized carbons (Fsp3) is 0.588. The minimum absolute atomic E-state index is 0.0706. The zero-order valence-electron chi connectivity index (χ0n) is 15.3. The van der Waals surface area contributed by atoms with Gasteiger partial charge in [0.2, 0.25) is 0 Å². The van der Waals surface area contributed by atoms with Crippen LogP contribution in [0.5, 0.6) is 0 Å². The van der Waals surface area contributed by atoms with Gasteiger partial charge in [-0.05, 0) is 37.8 Å². The van der Waals surface area contributed by atoms with Crippen molar-refractivity contribution < 1.29 is 24.2 Å². The van der Waals surface area contributed by atoms with Gasteiger partial charge in [-0.25, -0.2) is 4.79 Å². The second kappa shape index (κ2) is 8.61. The number of esters is 1. The average Bonchev–Trinajstić information content (AvgIpc) is 3.02. The Kier molecular flexibility index (Phi) is 6.74. The Bertz CT molecular complexity index is 680. The monoisotopic (exact) mass is 383 g/mol. The SMILES string of the molecule is CCc1sc(C(=O)NNC(=O)CN2CCC(O)(C(=O)OC)CC2)cc1C. The number of likely N-dealkylation sites (tertiary alicyclic amines) is 1. The third-order valence-electron chi connectivity index (χ3n) is 4.50. The largest absolute Gasteiger partial charge is 0.467 e. The summed E-state index contributed by atoms with van der Waals surface area (Å²) in [6, 6.07) is 1.81. The summed E-state index contributed by atoms with van der Waals surface area (Å²) < 4.78 is 4.60. The summed E-state index contributed by atoms with van der Waals surface area (Å²) in [7, 11) is 1.24. The molecule has 0 radical (unpaired) electrons. The first-order valence-electron chi connectivity index (χ1n) is 8.50. The Morgan fingerprint density at radius 2 is 1.96 bits per heavy atom. The molecule has 1 aliphatic heterocycles. The number of hydrazine groups is 1. The van der Waals surface area contributed by atoms with E-state index in [1.54, 1.807) is 0 Å². The first kappa shape index (κ1) is 20.3. The molecule has 2 rings (SSSR count). The van der Waals surface area contributed by atoms with Gasteiger partial charge in [-0.15, -0.1) is 11.3 Å². The number of nitrogens with zero attached hydrogens (tertiary/aromatic N) is 1. The van der Waals surface area contributed by atoms with Crippen molar-refractivity contribution in [3.05, 3.63) is 21.4 Å². The number of carbonyl (C=O) groups is 3. The van der Waals surface area contributed by atoms with E-state index in [0.717, 1.165) is 16.9 Å². The normalized spacial score (nSPS) is 16.8. The third kappa shape index (κ3) is 4.80. The number of amides is 2. The molecule has 0 spiro atoms. The molecular formula is C17H25N3O5S. The van der Waals surface area contributed by atoms with E-state index in [2.05, 4.69) is 15.6 Å². The highest BCUT2D eigenvalue weighted by molar-refractivity contribution is 7.14. The predicted octanol–water partition coefficient (Wildman–Crippen LogP) is 0.380. The maximum absolute atomic E-state index is 12.1. The molecule has 2 heterocycles. The molecule has 0 aliphatic carbocycles. The lowest BCUT2D eigenvalue weighted by Crippen LogP contribution is -2.53. The lowest BCUT2D eigenvalue weighted by Gasteiger charge is -2.35. The van der Waals surface area contributed by atoms with E-state index >= 15 is 0 Å². The molecule has 8 nitrogen and oxygen atoms in total. The standard InChI is InChI=1S/C17H25N3O5S/c1-4-12-11(2)9-13(26-12)15(22)19-18-14(21)10-20-7-5-17(24,6-8-20)16(23)25-3/h9,24H,4-8,10H2,1-3H3,(H,18,21)(H,19,22). The van der Waals surface area contributed by atoms with Crippen LogP contribution in [0.4, 0.5) is 0 Å². The van der Waals surface area contributed by atoms with Crippen LogP contribution in [-0.4, -0.2) is 60.1 Å². The van der Waals surface area contributed by atoms with E-state index in [9.17, 15) is 19.5 Å². The van der Waals surface area contributed by atoms with Gasteiger partial charge < -0.3 is 9.84 Å². The molecule has 1 aromatic rings. The van der Waals surface area contributed by atoms with Gasteiger partial charge >= 0.3 is 5.97 Å². The third-order valence-corrected chi connectivity index (χ3v) is 5.88. The van der Waals surface area contributed by atoms with Crippen LogP contribution in [0, 0.1) is 6.92 Å². The van der Waals surface area contributed by atoms with Gasteiger partial charge in [0.1, 0.15) is 0 Å².